The molecule has 0 aliphatic rings. The second-order valence-corrected chi connectivity index (χ2v) is 6.84. The summed E-state index contributed by atoms with van der Waals surface area (Å²) < 4.78 is 5.89. The molecular weight excluding hydrogens is 376 g/mol. The number of hydrogen-bond donors (Lipinski definition) is 2. The number of nitrogens with one attached hydrogen (secondary N) is 2. The highest BCUT2D eigenvalue weighted by atomic mass is 16.5. The Morgan fingerprint density at radius 2 is 1.47 bits per heavy atom. The highest BCUT2D eigenvalue weighted by Crippen LogP contribution is 2.22. The second kappa shape index (κ2) is 10.8. The summed E-state index contributed by atoms with van der Waals surface area (Å²) in [5.41, 5.74) is 2.50. The van der Waals surface area contributed by atoms with Crippen LogP contribution in [0.15, 0.2) is 78.9 Å². The van der Waals surface area contributed by atoms with Crippen molar-refractivity contribution < 1.29 is 14.3 Å². The molecule has 0 radical (unpaired) electrons. The van der Waals surface area contributed by atoms with Crippen molar-refractivity contribution in [3.63, 3.8) is 0 Å². The topological polar surface area (TPSA) is 67.4 Å². The van der Waals surface area contributed by atoms with Crippen LogP contribution in [0, 0.1) is 0 Å². The van der Waals surface area contributed by atoms with E-state index in [-0.39, 0.29) is 11.8 Å². The van der Waals surface area contributed by atoms with Gasteiger partial charge in [0.2, 0.25) is 0 Å². The van der Waals surface area contributed by atoms with Crippen molar-refractivity contribution in [1.29, 1.82) is 0 Å². The molecule has 0 aromatic heterocycles. The van der Waals surface area contributed by atoms with Crippen LogP contribution in [0.2, 0.25) is 0 Å². The molecule has 30 heavy (non-hydrogen) atoms. The van der Waals surface area contributed by atoms with Crippen LogP contribution in [0.1, 0.15) is 39.6 Å². The SMILES string of the molecule is CCCNC(=O)c1ccccc1NC(=O)c1ccccc1OCCc1ccccc1. The Morgan fingerprint density at radius 1 is 0.800 bits per heavy atom. The van der Waals surface area contributed by atoms with E-state index in [0.29, 0.717) is 35.7 Å². The number of anilines is 1. The molecule has 5 nitrogen and oxygen atoms in total. The lowest BCUT2D eigenvalue weighted by molar-refractivity contribution is 0.0954. The van der Waals surface area contributed by atoms with Gasteiger partial charge in [-0.25, -0.2) is 0 Å². The first-order valence-corrected chi connectivity index (χ1v) is 10.1. The van der Waals surface area contributed by atoms with Gasteiger partial charge in [0, 0.05) is 13.0 Å². The second-order valence-electron chi connectivity index (χ2n) is 6.84. The number of amides is 2. The number of carbonyl (C=O) groups is 2. The van der Waals surface area contributed by atoms with Crippen molar-refractivity contribution in [2.75, 3.05) is 18.5 Å². The minimum Gasteiger partial charge on any atom is -0.492 e. The first-order valence-electron chi connectivity index (χ1n) is 10.1. The van der Waals surface area contributed by atoms with Gasteiger partial charge in [-0.05, 0) is 36.2 Å². The molecule has 5 heteroatoms. The molecule has 2 amide bonds. The molecule has 2 N–H and O–H groups in total. The average Bonchev–Trinajstić information content (AvgIpc) is 2.79. The predicted molar refractivity (Wildman–Crippen MR) is 119 cm³/mol. The predicted octanol–water partition coefficient (Wildman–Crippen LogP) is 4.70. The fourth-order valence-electron chi connectivity index (χ4n) is 3.02. The Balaban J connectivity index is 1.70. The van der Waals surface area contributed by atoms with Gasteiger partial charge in [0.1, 0.15) is 5.75 Å². The van der Waals surface area contributed by atoms with E-state index < -0.39 is 0 Å². The molecule has 0 aliphatic heterocycles. The third kappa shape index (κ3) is 5.70. The number of para-hydroxylation sites is 2. The maximum absolute atomic E-state index is 12.9. The van der Waals surface area contributed by atoms with Gasteiger partial charge in [-0.1, -0.05) is 61.5 Å². The third-order valence-corrected chi connectivity index (χ3v) is 4.58. The molecule has 0 saturated carbocycles. The van der Waals surface area contributed by atoms with Gasteiger partial charge in [0.25, 0.3) is 11.8 Å². The van der Waals surface area contributed by atoms with Crippen LogP contribution in [0.5, 0.6) is 5.75 Å². The normalized spacial score (nSPS) is 10.3. The molecule has 0 fully saturated rings. The number of hydrogen-bond acceptors (Lipinski definition) is 3. The molecule has 0 heterocycles. The van der Waals surface area contributed by atoms with E-state index in [4.69, 9.17) is 4.74 Å². The maximum Gasteiger partial charge on any atom is 0.259 e. The lowest BCUT2D eigenvalue weighted by Gasteiger charge is -2.14. The molecule has 3 aromatic rings. The molecular formula is C25H26N2O3. The van der Waals surface area contributed by atoms with Crippen molar-refractivity contribution in [3.8, 4) is 5.75 Å². The number of benzene rings is 3. The summed E-state index contributed by atoms with van der Waals surface area (Å²) in [5.74, 6) is -0.0138. The van der Waals surface area contributed by atoms with Crippen LogP contribution in [0.3, 0.4) is 0 Å². The third-order valence-electron chi connectivity index (χ3n) is 4.58. The Hall–Kier alpha value is -3.60. The van der Waals surface area contributed by atoms with E-state index in [1.165, 1.54) is 5.56 Å². The summed E-state index contributed by atoms with van der Waals surface area (Å²) in [6.07, 6.45) is 1.59. The van der Waals surface area contributed by atoms with Crippen molar-refractivity contribution in [2.45, 2.75) is 19.8 Å². The highest BCUT2D eigenvalue weighted by Gasteiger charge is 2.16. The Labute approximate surface area is 177 Å². The Morgan fingerprint density at radius 3 is 2.23 bits per heavy atom. The largest absolute Gasteiger partial charge is 0.492 e. The van der Waals surface area contributed by atoms with Gasteiger partial charge in [-0.2, -0.15) is 0 Å². The summed E-state index contributed by atoms with van der Waals surface area (Å²) in [4.78, 5) is 25.3. The first kappa shape index (κ1) is 21.1. The monoisotopic (exact) mass is 402 g/mol. The number of carbonyl (C=O) groups excluding carboxylic acids is 2. The van der Waals surface area contributed by atoms with Crippen LogP contribution in [0.4, 0.5) is 5.69 Å². The minimum absolute atomic E-state index is 0.208. The molecule has 154 valence electrons. The summed E-state index contributed by atoms with van der Waals surface area (Å²) >= 11 is 0. The molecule has 0 unspecified atom stereocenters. The van der Waals surface area contributed by atoms with E-state index in [1.807, 2.05) is 43.3 Å². The standard InChI is InChI=1S/C25H26N2O3/c1-2-17-26-24(28)20-12-6-8-14-22(20)27-25(29)21-13-7-9-15-23(21)30-18-16-19-10-4-3-5-11-19/h3-15H,2,16-18H2,1H3,(H,26,28)(H,27,29). The molecule has 0 saturated heterocycles. The van der Waals surface area contributed by atoms with Crippen LogP contribution in [-0.4, -0.2) is 25.0 Å². The summed E-state index contributed by atoms with van der Waals surface area (Å²) in [7, 11) is 0. The lowest BCUT2D eigenvalue weighted by atomic mass is 10.1. The van der Waals surface area contributed by atoms with Gasteiger partial charge >= 0.3 is 0 Å². The van der Waals surface area contributed by atoms with Crippen LogP contribution in [-0.2, 0) is 6.42 Å². The van der Waals surface area contributed by atoms with Crippen molar-refractivity contribution in [2.24, 2.45) is 0 Å². The van der Waals surface area contributed by atoms with Gasteiger partial charge in [0.05, 0.1) is 23.4 Å². The maximum atomic E-state index is 12.9. The molecule has 0 spiro atoms. The zero-order valence-electron chi connectivity index (χ0n) is 17.1. The smallest absolute Gasteiger partial charge is 0.259 e. The average molecular weight is 402 g/mol. The van der Waals surface area contributed by atoms with E-state index in [0.717, 1.165) is 12.8 Å². The van der Waals surface area contributed by atoms with Crippen LogP contribution >= 0.6 is 0 Å². The van der Waals surface area contributed by atoms with Gasteiger partial charge in [-0.3, -0.25) is 9.59 Å². The van der Waals surface area contributed by atoms with Crippen molar-refractivity contribution >= 4 is 17.5 Å². The lowest BCUT2D eigenvalue weighted by Crippen LogP contribution is -2.26. The molecule has 0 aliphatic carbocycles. The van der Waals surface area contributed by atoms with Crippen molar-refractivity contribution in [3.05, 3.63) is 95.6 Å². The number of ether oxygens (including phenoxy) is 1. The fourth-order valence-corrected chi connectivity index (χ4v) is 3.02. The Bertz CT molecular complexity index is 986. The minimum atomic E-state index is -0.318. The zero-order chi connectivity index (χ0) is 21.2. The van der Waals surface area contributed by atoms with Gasteiger partial charge < -0.3 is 15.4 Å². The number of rotatable bonds is 9. The molecule has 0 bridgehead atoms. The van der Waals surface area contributed by atoms with Crippen LogP contribution in [0.25, 0.3) is 0 Å². The molecule has 0 atom stereocenters. The zero-order valence-corrected chi connectivity index (χ0v) is 17.1. The summed E-state index contributed by atoms with van der Waals surface area (Å²) in [5, 5.41) is 5.69. The molecule has 3 aromatic carbocycles. The van der Waals surface area contributed by atoms with E-state index in [1.54, 1.807) is 42.5 Å². The van der Waals surface area contributed by atoms with E-state index in [2.05, 4.69) is 10.6 Å². The van der Waals surface area contributed by atoms with E-state index >= 15 is 0 Å². The first-order chi connectivity index (χ1) is 14.7. The quantitative estimate of drug-likeness (QED) is 0.545. The van der Waals surface area contributed by atoms with Crippen molar-refractivity contribution in [1.82, 2.24) is 5.32 Å². The summed E-state index contributed by atoms with van der Waals surface area (Å²) in [6, 6.07) is 24.1. The van der Waals surface area contributed by atoms with Crippen LogP contribution < -0.4 is 15.4 Å². The van der Waals surface area contributed by atoms with Gasteiger partial charge in [0.15, 0.2) is 0 Å². The summed E-state index contributed by atoms with van der Waals surface area (Å²) in [6.45, 7) is 3.03. The Kier molecular flexibility index (Phi) is 7.61. The fraction of sp³-hybridized carbons (Fsp3) is 0.200. The van der Waals surface area contributed by atoms with Gasteiger partial charge in [-0.15, -0.1) is 0 Å². The highest BCUT2D eigenvalue weighted by molar-refractivity contribution is 6.10. The van der Waals surface area contributed by atoms with E-state index in [9.17, 15) is 9.59 Å². The molecule has 3 rings (SSSR count).